The highest BCUT2D eigenvalue weighted by atomic mass is 32.2. The van der Waals surface area contributed by atoms with Gasteiger partial charge in [-0.25, -0.2) is 8.42 Å². The maximum absolute atomic E-state index is 11.9. The van der Waals surface area contributed by atoms with Crippen LogP contribution in [0, 0.1) is 0 Å². The summed E-state index contributed by atoms with van der Waals surface area (Å²) in [7, 11) is -3.68. The van der Waals surface area contributed by atoms with Gasteiger partial charge in [0.2, 0.25) is 0 Å². The topological polar surface area (TPSA) is 101 Å². The molecule has 0 saturated heterocycles. The lowest BCUT2D eigenvalue weighted by Gasteiger charge is -2.06. The zero-order valence-corrected chi connectivity index (χ0v) is 11.2. The molecule has 2 rings (SSSR count). The van der Waals surface area contributed by atoms with E-state index in [9.17, 15) is 13.2 Å². The molecule has 0 aliphatic rings. The summed E-state index contributed by atoms with van der Waals surface area (Å²) < 4.78 is 22.9. The van der Waals surface area contributed by atoms with Crippen molar-refractivity contribution >= 4 is 21.6 Å². The smallest absolute Gasteiger partial charge is 0.255 e. The first kappa shape index (κ1) is 14.2. The van der Waals surface area contributed by atoms with Crippen molar-refractivity contribution in [3.63, 3.8) is 0 Å². The molecule has 0 aliphatic carbocycles. The first-order valence-electron chi connectivity index (χ1n) is 5.72. The van der Waals surface area contributed by atoms with E-state index in [-0.39, 0.29) is 10.8 Å². The first-order valence-corrected chi connectivity index (χ1v) is 7.20. The lowest BCUT2D eigenvalue weighted by Crippen LogP contribution is -2.30. The number of hydrazine groups is 1. The van der Waals surface area contributed by atoms with E-state index in [2.05, 4.69) is 5.32 Å². The second-order valence-electron chi connectivity index (χ2n) is 3.97. The molecular formula is C13H13N3O3S. The van der Waals surface area contributed by atoms with Crippen LogP contribution in [-0.2, 0) is 10.0 Å². The predicted octanol–water partition coefficient (Wildman–Crippen LogP) is 1.09. The lowest BCUT2D eigenvalue weighted by molar-refractivity contribution is 0.102. The number of nitrogens with two attached hydrogens (primary N) is 1. The number of carbonyl (C=O) groups is 1. The average molecular weight is 291 g/mol. The molecule has 0 spiro atoms. The number of hydrogen-bond donors (Lipinski definition) is 3. The maximum atomic E-state index is 11.9. The molecule has 6 nitrogen and oxygen atoms in total. The second-order valence-corrected chi connectivity index (χ2v) is 5.68. The van der Waals surface area contributed by atoms with E-state index in [1.807, 2.05) is 6.07 Å². The van der Waals surface area contributed by atoms with Crippen LogP contribution in [0.5, 0.6) is 0 Å². The van der Waals surface area contributed by atoms with Gasteiger partial charge in [-0.15, -0.1) is 0 Å². The molecule has 0 unspecified atom stereocenters. The van der Waals surface area contributed by atoms with Crippen LogP contribution in [-0.4, -0.2) is 14.3 Å². The Morgan fingerprint density at radius 2 is 1.55 bits per heavy atom. The molecule has 0 heterocycles. The summed E-state index contributed by atoms with van der Waals surface area (Å²) in [6, 6.07) is 14.4. The number of rotatable bonds is 4. The molecule has 0 bridgehead atoms. The van der Waals surface area contributed by atoms with Crippen LogP contribution < -0.4 is 16.0 Å². The molecule has 0 aromatic heterocycles. The highest BCUT2D eigenvalue weighted by Crippen LogP contribution is 2.14. The van der Waals surface area contributed by atoms with Gasteiger partial charge in [0.1, 0.15) is 0 Å². The third kappa shape index (κ3) is 3.21. The van der Waals surface area contributed by atoms with Crippen LogP contribution in [0.3, 0.4) is 0 Å². The van der Waals surface area contributed by atoms with Gasteiger partial charge in [-0.05, 0) is 36.4 Å². The third-order valence-corrected chi connectivity index (χ3v) is 3.82. The minimum atomic E-state index is -3.68. The highest BCUT2D eigenvalue weighted by molar-refractivity contribution is 7.89. The van der Waals surface area contributed by atoms with Crippen LogP contribution in [0.15, 0.2) is 59.5 Å². The van der Waals surface area contributed by atoms with Gasteiger partial charge in [-0.2, -0.15) is 4.83 Å². The van der Waals surface area contributed by atoms with Gasteiger partial charge in [0.25, 0.3) is 15.9 Å². The zero-order chi connectivity index (χ0) is 14.6. The molecule has 4 N–H and O–H groups in total. The van der Waals surface area contributed by atoms with Crippen LogP contribution >= 0.6 is 0 Å². The van der Waals surface area contributed by atoms with E-state index < -0.39 is 10.0 Å². The second kappa shape index (κ2) is 5.83. The monoisotopic (exact) mass is 291 g/mol. The number of nitrogens with one attached hydrogen (secondary N) is 2. The Hall–Kier alpha value is -2.22. The lowest BCUT2D eigenvalue weighted by atomic mass is 10.2. The van der Waals surface area contributed by atoms with Crippen LogP contribution in [0.4, 0.5) is 5.69 Å². The van der Waals surface area contributed by atoms with Crippen LogP contribution in [0.25, 0.3) is 0 Å². The molecule has 0 fully saturated rings. The van der Waals surface area contributed by atoms with Gasteiger partial charge in [-0.3, -0.25) is 10.6 Å². The van der Waals surface area contributed by atoms with Gasteiger partial charge in [-0.1, -0.05) is 18.2 Å². The quantitative estimate of drug-likeness (QED) is 0.579. The van der Waals surface area contributed by atoms with Gasteiger partial charge >= 0.3 is 0 Å². The maximum Gasteiger partial charge on any atom is 0.255 e. The van der Waals surface area contributed by atoms with Crippen molar-refractivity contribution in [1.29, 1.82) is 0 Å². The normalized spacial score (nSPS) is 11.1. The van der Waals surface area contributed by atoms with E-state index in [4.69, 9.17) is 5.84 Å². The summed E-state index contributed by atoms with van der Waals surface area (Å²) in [5.74, 6) is 4.66. The van der Waals surface area contributed by atoms with E-state index in [1.165, 1.54) is 24.3 Å². The predicted molar refractivity (Wildman–Crippen MR) is 75.3 cm³/mol. The van der Waals surface area contributed by atoms with Crippen molar-refractivity contribution < 1.29 is 13.2 Å². The Labute approximate surface area is 116 Å². The number of hydrogen-bond acceptors (Lipinski definition) is 4. The van der Waals surface area contributed by atoms with Crippen molar-refractivity contribution in [3.05, 3.63) is 60.2 Å². The Morgan fingerprint density at radius 1 is 0.950 bits per heavy atom. The summed E-state index contributed by atoms with van der Waals surface area (Å²) in [5.41, 5.74) is 1.02. The van der Waals surface area contributed by atoms with Crippen molar-refractivity contribution in [2.24, 2.45) is 5.84 Å². The largest absolute Gasteiger partial charge is 0.322 e. The summed E-state index contributed by atoms with van der Waals surface area (Å²) in [4.78, 5) is 13.6. The average Bonchev–Trinajstić information content (AvgIpc) is 2.48. The number of carbonyl (C=O) groups excluding carboxylic acids is 1. The molecule has 1 amide bonds. The Balaban J connectivity index is 2.14. The van der Waals surface area contributed by atoms with Crippen molar-refractivity contribution in [3.8, 4) is 0 Å². The summed E-state index contributed by atoms with van der Waals surface area (Å²) in [5, 5.41) is 2.67. The van der Waals surface area contributed by atoms with E-state index >= 15 is 0 Å². The fourth-order valence-corrected chi connectivity index (χ4v) is 2.21. The van der Waals surface area contributed by atoms with Crippen molar-refractivity contribution in [2.75, 3.05) is 5.32 Å². The van der Waals surface area contributed by atoms with Crippen molar-refractivity contribution in [2.45, 2.75) is 4.90 Å². The Morgan fingerprint density at radius 3 is 2.10 bits per heavy atom. The molecule has 2 aromatic rings. The molecule has 2 aromatic carbocycles. The molecular weight excluding hydrogens is 278 g/mol. The van der Waals surface area contributed by atoms with E-state index in [1.54, 1.807) is 29.1 Å². The SMILES string of the molecule is NNS(=O)(=O)c1ccc(NC(=O)c2ccccc2)cc1. The molecule has 7 heteroatoms. The summed E-state index contributed by atoms with van der Waals surface area (Å²) in [6.07, 6.45) is 0. The zero-order valence-electron chi connectivity index (χ0n) is 10.4. The molecule has 20 heavy (non-hydrogen) atoms. The Kier molecular flexibility index (Phi) is 4.14. The van der Waals surface area contributed by atoms with Crippen LogP contribution in [0.2, 0.25) is 0 Å². The summed E-state index contributed by atoms with van der Waals surface area (Å²) >= 11 is 0. The van der Waals surface area contributed by atoms with Gasteiger partial charge in [0.05, 0.1) is 4.90 Å². The van der Waals surface area contributed by atoms with E-state index in [0.717, 1.165) is 0 Å². The first-order chi connectivity index (χ1) is 9.53. The fourth-order valence-electron chi connectivity index (χ4n) is 1.58. The number of sulfonamides is 1. The third-order valence-electron chi connectivity index (χ3n) is 2.61. The minimum Gasteiger partial charge on any atom is -0.322 e. The molecule has 104 valence electrons. The number of amides is 1. The van der Waals surface area contributed by atoms with E-state index in [0.29, 0.717) is 11.3 Å². The highest BCUT2D eigenvalue weighted by Gasteiger charge is 2.11. The Bertz CT molecular complexity index is 697. The van der Waals surface area contributed by atoms with Crippen LogP contribution in [0.1, 0.15) is 10.4 Å². The molecule has 0 radical (unpaired) electrons. The summed E-state index contributed by atoms with van der Waals surface area (Å²) in [6.45, 7) is 0. The van der Waals surface area contributed by atoms with Crippen molar-refractivity contribution in [1.82, 2.24) is 4.83 Å². The number of anilines is 1. The molecule has 0 atom stereocenters. The molecule has 0 aliphatic heterocycles. The van der Waals surface area contributed by atoms with Gasteiger partial charge < -0.3 is 5.32 Å². The van der Waals surface area contributed by atoms with Gasteiger partial charge in [0, 0.05) is 11.3 Å². The standard InChI is InChI=1S/C13H13N3O3S/c14-16-20(18,19)12-8-6-11(7-9-12)15-13(17)10-4-2-1-3-5-10/h1-9,16H,14H2,(H,15,17). The van der Waals surface area contributed by atoms with Gasteiger partial charge in [0.15, 0.2) is 0 Å². The number of benzene rings is 2. The molecule has 0 saturated carbocycles. The minimum absolute atomic E-state index is 0.0257. The fraction of sp³-hybridized carbons (Fsp3) is 0.